The molecule has 0 saturated heterocycles. The van der Waals surface area contributed by atoms with Gasteiger partial charge in [-0.05, 0) is 18.9 Å². The number of anilines is 1. The molecule has 1 aliphatic carbocycles. The van der Waals surface area contributed by atoms with Crippen LogP contribution in [0.3, 0.4) is 0 Å². The number of rotatable bonds is 6. The third-order valence-electron chi connectivity index (χ3n) is 3.78. The van der Waals surface area contributed by atoms with Gasteiger partial charge in [-0.2, -0.15) is 0 Å². The predicted molar refractivity (Wildman–Crippen MR) is 72.1 cm³/mol. The molecule has 0 amide bonds. The molecule has 108 valence electrons. The third kappa shape index (κ3) is 2.52. The topological polar surface area (TPSA) is 102 Å². The van der Waals surface area contributed by atoms with Crippen molar-refractivity contribution < 1.29 is 19.6 Å². The van der Waals surface area contributed by atoms with Gasteiger partial charge in [-0.15, -0.1) is 0 Å². The lowest BCUT2D eigenvalue weighted by atomic mass is 9.69. The molecule has 1 aromatic carbocycles. The highest BCUT2D eigenvalue weighted by molar-refractivity contribution is 5.77. The smallest absolute Gasteiger partial charge is 0.311 e. The van der Waals surface area contributed by atoms with E-state index in [1.165, 1.54) is 25.3 Å². The number of hydrogen-bond donors (Lipinski definition) is 2. The Labute approximate surface area is 115 Å². The maximum Gasteiger partial charge on any atom is 0.311 e. The number of carboxylic acids is 1. The molecule has 0 bridgehead atoms. The maximum atomic E-state index is 11.3. The molecule has 7 heteroatoms. The van der Waals surface area contributed by atoms with E-state index in [-0.39, 0.29) is 17.9 Å². The van der Waals surface area contributed by atoms with Crippen molar-refractivity contribution in [3.8, 4) is 5.75 Å². The van der Waals surface area contributed by atoms with Crippen LogP contribution in [0, 0.1) is 15.5 Å². The quantitative estimate of drug-likeness (QED) is 0.612. The van der Waals surface area contributed by atoms with Gasteiger partial charge >= 0.3 is 5.97 Å². The minimum Gasteiger partial charge on any atom is -0.497 e. The first-order chi connectivity index (χ1) is 9.48. The number of nitro groups is 1. The van der Waals surface area contributed by atoms with Gasteiger partial charge in [0.1, 0.15) is 11.4 Å². The van der Waals surface area contributed by atoms with E-state index in [0.29, 0.717) is 18.6 Å². The van der Waals surface area contributed by atoms with Crippen molar-refractivity contribution in [3.63, 3.8) is 0 Å². The number of hydrogen-bond acceptors (Lipinski definition) is 5. The lowest BCUT2D eigenvalue weighted by Crippen LogP contribution is -2.43. The molecule has 0 aliphatic heterocycles. The Bertz CT molecular complexity index is 540. The second-order valence-corrected chi connectivity index (χ2v) is 4.93. The molecular weight excluding hydrogens is 264 g/mol. The van der Waals surface area contributed by atoms with E-state index in [2.05, 4.69) is 5.32 Å². The second-order valence-electron chi connectivity index (χ2n) is 4.93. The predicted octanol–water partition coefficient (Wildman–Crippen LogP) is 2.27. The van der Waals surface area contributed by atoms with E-state index < -0.39 is 16.3 Å². The standard InChI is InChI=1S/C13H16N2O5/c1-20-9-3-4-11(15(18)19)10(7-9)14-8-13(12(16)17)5-2-6-13/h3-4,7,14H,2,5-6,8H2,1H3,(H,16,17). The number of carbonyl (C=O) groups is 1. The van der Waals surface area contributed by atoms with Crippen molar-refractivity contribution in [2.24, 2.45) is 5.41 Å². The summed E-state index contributed by atoms with van der Waals surface area (Å²) in [6.07, 6.45) is 2.05. The van der Waals surface area contributed by atoms with E-state index >= 15 is 0 Å². The summed E-state index contributed by atoms with van der Waals surface area (Å²) in [4.78, 5) is 21.7. The largest absolute Gasteiger partial charge is 0.497 e. The fraction of sp³-hybridized carbons (Fsp3) is 0.462. The Balaban J connectivity index is 2.19. The average molecular weight is 280 g/mol. The van der Waals surface area contributed by atoms with Crippen LogP contribution in [0.5, 0.6) is 5.75 Å². The normalized spacial score (nSPS) is 16.1. The molecule has 2 rings (SSSR count). The molecule has 0 atom stereocenters. The number of benzene rings is 1. The minimum atomic E-state index is -0.859. The Kier molecular flexibility index (Phi) is 3.78. The van der Waals surface area contributed by atoms with Crippen molar-refractivity contribution >= 4 is 17.3 Å². The molecule has 0 aromatic heterocycles. The highest BCUT2D eigenvalue weighted by atomic mass is 16.6. The number of ether oxygens (including phenoxy) is 1. The van der Waals surface area contributed by atoms with Crippen LogP contribution in [-0.2, 0) is 4.79 Å². The zero-order chi connectivity index (χ0) is 14.8. The van der Waals surface area contributed by atoms with Crippen LogP contribution in [0.1, 0.15) is 19.3 Å². The first-order valence-corrected chi connectivity index (χ1v) is 6.28. The summed E-state index contributed by atoms with van der Waals surface area (Å²) in [5, 5.41) is 23.1. The van der Waals surface area contributed by atoms with E-state index in [1.54, 1.807) is 0 Å². The fourth-order valence-corrected chi connectivity index (χ4v) is 2.28. The van der Waals surface area contributed by atoms with Gasteiger partial charge in [-0.1, -0.05) is 6.42 Å². The van der Waals surface area contributed by atoms with Crippen LogP contribution in [0.4, 0.5) is 11.4 Å². The van der Waals surface area contributed by atoms with Crippen molar-refractivity contribution in [1.82, 2.24) is 0 Å². The summed E-state index contributed by atoms with van der Waals surface area (Å²) in [7, 11) is 1.47. The molecule has 0 heterocycles. The van der Waals surface area contributed by atoms with Crippen molar-refractivity contribution in [1.29, 1.82) is 0 Å². The minimum absolute atomic E-state index is 0.0920. The summed E-state index contributed by atoms with van der Waals surface area (Å²) in [5.41, 5.74) is -0.621. The van der Waals surface area contributed by atoms with Crippen molar-refractivity contribution in [2.75, 3.05) is 19.0 Å². The van der Waals surface area contributed by atoms with Crippen LogP contribution in [0.25, 0.3) is 0 Å². The number of aliphatic carboxylic acids is 1. The fourth-order valence-electron chi connectivity index (χ4n) is 2.28. The van der Waals surface area contributed by atoms with Crippen LogP contribution >= 0.6 is 0 Å². The van der Waals surface area contributed by atoms with Gasteiger partial charge in [0.15, 0.2) is 0 Å². The van der Waals surface area contributed by atoms with Gasteiger partial charge in [0.25, 0.3) is 5.69 Å². The molecule has 7 nitrogen and oxygen atoms in total. The molecule has 1 aromatic rings. The lowest BCUT2D eigenvalue weighted by Gasteiger charge is -2.37. The molecule has 0 radical (unpaired) electrons. The zero-order valence-corrected chi connectivity index (χ0v) is 11.1. The maximum absolute atomic E-state index is 11.3. The first kappa shape index (κ1) is 14.1. The summed E-state index contributed by atoms with van der Waals surface area (Å²) in [5.74, 6) is -0.377. The Morgan fingerprint density at radius 1 is 1.55 bits per heavy atom. The molecule has 1 fully saturated rings. The Morgan fingerprint density at radius 3 is 2.70 bits per heavy atom. The van der Waals surface area contributed by atoms with Gasteiger partial charge in [0.2, 0.25) is 0 Å². The molecule has 0 spiro atoms. The van der Waals surface area contributed by atoms with E-state index in [4.69, 9.17) is 4.74 Å². The molecule has 1 saturated carbocycles. The van der Waals surface area contributed by atoms with E-state index in [0.717, 1.165) is 6.42 Å². The molecule has 0 unspecified atom stereocenters. The first-order valence-electron chi connectivity index (χ1n) is 6.28. The summed E-state index contributed by atoms with van der Waals surface area (Å²) < 4.78 is 5.03. The lowest BCUT2D eigenvalue weighted by molar-refractivity contribution is -0.384. The highest BCUT2D eigenvalue weighted by Gasteiger charge is 2.44. The van der Waals surface area contributed by atoms with Gasteiger partial charge in [-0.25, -0.2) is 0 Å². The zero-order valence-electron chi connectivity index (χ0n) is 11.1. The molecular formula is C13H16N2O5. The number of nitrogens with zero attached hydrogens (tertiary/aromatic N) is 1. The second kappa shape index (κ2) is 5.36. The SMILES string of the molecule is COc1ccc([N+](=O)[O-])c(NCC2(C(=O)O)CCC2)c1. The van der Waals surface area contributed by atoms with Crippen LogP contribution < -0.4 is 10.1 Å². The highest BCUT2D eigenvalue weighted by Crippen LogP contribution is 2.42. The number of nitro benzene ring substituents is 1. The van der Waals surface area contributed by atoms with Gasteiger partial charge < -0.3 is 15.2 Å². The molecule has 2 N–H and O–H groups in total. The third-order valence-corrected chi connectivity index (χ3v) is 3.78. The van der Waals surface area contributed by atoms with Crippen LogP contribution in [-0.4, -0.2) is 29.7 Å². The van der Waals surface area contributed by atoms with Gasteiger partial charge in [0.05, 0.1) is 17.4 Å². The average Bonchev–Trinajstić information content (AvgIpc) is 2.36. The van der Waals surface area contributed by atoms with Crippen molar-refractivity contribution in [2.45, 2.75) is 19.3 Å². The number of nitrogens with one attached hydrogen (secondary N) is 1. The Morgan fingerprint density at radius 2 is 2.25 bits per heavy atom. The van der Waals surface area contributed by atoms with Crippen LogP contribution in [0.15, 0.2) is 18.2 Å². The molecule has 1 aliphatic rings. The summed E-state index contributed by atoms with van der Waals surface area (Å²) in [6, 6.07) is 4.35. The van der Waals surface area contributed by atoms with Crippen molar-refractivity contribution in [3.05, 3.63) is 28.3 Å². The van der Waals surface area contributed by atoms with Gasteiger partial charge in [0, 0.05) is 18.7 Å². The Hall–Kier alpha value is -2.31. The van der Waals surface area contributed by atoms with E-state index in [9.17, 15) is 20.0 Å². The molecule has 20 heavy (non-hydrogen) atoms. The number of methoxy groups -OCH3 is 1. The van der Waals surface area contributed by atoms with Gasteiger partial charge in [-0.3, -0.25) is 14.9 Å². The van der Waals surface area contributed by atoms with Crippen LogP contribution in [0.2, 0.25) is 0 Å². The monoisotopic (exact) mass is 280 g/mol. The van der Waals surface area contributed by atoms with E-state index in [1.807, 2.05) is 0 Å². The summed E-state index contributed by atoms with van der Waals surface area (Å²) >= 11 is 0. The summed E-state index contributed by atoms with van der Waals surface area (Å²) in [6.45, 7) is 0.177. The number of carboxylic acid groups (broad SMARTS) is 1.